The molecule has 0 saturated carbocycles. The maximum Gasteiger partial charge on any atom is 0.150 e. The van der Waals surface area contributed by atoms with Gasteiger partial charge in [0, 0.05) is 33.4 Å². The second kappa shape index (κ2) is 8.65. The van der Waals surface area contributed by atoms with Crippen LogP contribution in [0.15, 0.2) is 128 Å². The molecule has 5 heteroatoms. The Morgan fingerprint density at radius 2 is 1.20 bits per heavy atom. The summed E-state index contributed by atoms with van der Waals surface area (Å²) >= 11 is 0. The molecule has 0 aliphatic heterocycles. The first-order valence-electron chi connectivity index (χ1n) is 13.2. The Bertz CT molecular complexity index is 2270. The van der Waals surface area contributed by atoms with Gasteiger partial charge in [-0.25, -0.2) is 9.97 Å². The monoisotopic (exact) mass is 511 g/mol. The Balaban J connectivity index is 1.56. The molecule has 186 valence electrons. The van der Waals surface area contributed by atoms with Gasteiger partial charge in [0.2, 0.25) is 0 Å². The molecule has 0 aliphatic rings. The van der Waals surface area contributed by atoms with E-state index in [2.05, 4.69) is 93.0 Å². The highest BCUT2D eigenvalue weighted by atomic mass is 15.1. The third-order valence-electron chi connectivity index (χ3n) is 7.61. The first-order valence-corrected chi connectivity index (χ1v) is 13.2. The van der Waals surface area contributed by atoms with Crippen LogP contribution in [0.4, 0.5) is 0 Å². The molecule has 8 aromatic rings. The summed E-state index contributed by atoms with van der Waals surface area (Å²) in [6.45, 7) is 0. The molecule has 0 spiro atoms. The molecule has 0 radical (unpaired) electrons. The van der Waals surface area contributed by atoms with Crippen LogP contribution in [0, 0.1) is 11.3 Å². The van der Waals surface area contributed by atoms with E-state index in [1.165, 1.54) is 0 Å². The van der Waals surface area contributed by atoms with E-state index in [0.29, 0.717) is 11.2 Å². The van der Waals surface area contributed by atoms with Gasteiger partial charge < -0.3 is 0 Å². The molecule has 0 bridgehead atoms. The average Bonchev–Trinajstić information content (AvgIpc) is 3.54. The zero-order valence-electron chi connectivity index (χ0n) is 21.4. The van der Waals surface area contributed by atoms with Gasteiger partial charge in [0.25, 0.3) is 0 Å². The number of fused-ring (bicyclic) bond motifs is 6. The summed E-state index contributed by atoms with van der Waals surface area (Å²) in [4.78, 5) is 10.0. The van der Waals surface area contributed by atoms with Gasteiger partial charge in [-0.15, -0.1) is 0 Å². The number of rotatable bonds is 3. The summed E-state index contributed by atoms with van der Waals surface area (Å²) in [6, 6.07) is 43.7. The summed E-state index contributed by atoms with van der Waals surface area (Å²) < 4.78 is 4.24. The van der Waals surface area contributed by atoms with Crippen LogP contribution in [-0.2, 0) is 0 Å². The van der Waals surface area contributed by atoms with E-state index in [1.807, 2.05) is 48.5 Å². The van der Waals surface area contributed by atoms with E-state index in [9.17, 15) is 5.26 Å². The number of hydrogen-bond donors (Lipinski definition) is 0. The lowest BCUT2D eigenvalue weighted by atomic mass is 10.0. The minimum Gasteiger partial charge on any atom is -0.294 e. The van der Waals surface area contributed by atoms with Crippen LogP contribution < -0.4 is 0 Å². The lowest BCUT2D eigenvalue weighted by Crippen LogP contribution is -2.01. The highest BCUT2D eigenvalue weighted by molar-refractivity contribution is 6.20. The van der Waals surface area contributed by atoms with Gasteiger partial charge in [0.1, 0.15) is 17.5 Å². The van der Waals surface area contributed by atoms with E-state index in [-0.39, 0.29) is 0 Å². The highest BCUT2D eigenvalue weighted by Crippen LogP contribution is 2.40. The van der Waals surface area contributed by atoms with E-state index >= 15 is 0 Å². The van der Waals surface area contributed by atoms with Gasteiger partial charge in [-0.05, 0) is 47.5 Å². The molecule has 40 heavy (non-hydrogen) atoms. The van der Waals surface area contributed by atoms with Crippen molar-refractivity contribution < 1.29 is 0 Å². The Morgan fingerprint density at radius 1 is 0.575 bits per heavy atom. The summed E-state index contributed by atoms with van der Waals surface area (Å²) in [5.41, 5.74) is 7.32. The van der Waals surface area contributed by atoms with Crippen molar-refractivity contribution >= 4 is 43.9 Å². The average molecular weight is 512 g/mol. The molecule has 0 amide bonds. The van der Waals surface area contributed by atoms with Crippen molar-refractivity contribution in [3.8, 4) is 28.7 Å². The third-order valence-corrected chi connectivity index (χ3v) is 7.61. The van der Waals surface area contributed by atoms with Crippen molar-refractivity contribution in [2.75, 3.05) is 0 Å². The molecule has 0 fully saturated rings. The van der Waals surface area contributed by atoms with Crippen LogP contribution in [0.1, 0.15) is 5.56 Å². The van der Waals surface area contributed by atoms with Crippen molar-refractivity contribution in [2.45, 2.75) is 0 Å². The first-order chi connectivity index (χ1) is 19.8. The summed E-state index contributed by atoms with van der Waals surface area (Å²) in [5, 5.41) is 14.4. The lowest BCUT2D eigenvalue weighted by Gasteiger charge is -2.11. The van der Waals surface area contributed by atoms with Gasteiger partial charge in [0.05, 0.1) is 16.6 Å². The molecule has 8 rings (SSSR count). The number of hydrogen-bond acceptors (Lipinski definition) is 3. The predicted octanol–water partition coefficient (Wildman–Crippen LogP) is 8.21. The minimum absolute atomic E-state index is 0.625. The molecule has 0 unspecified atom stereocenters. The van der Waals surface area contributed by atoms with Gasteiger partial charge >= 0.3 is 0 Å². The molecular formula is C35H21N5. The number of benzene rings is 4. The number of para-hydroxylation sites is 2. The standard InChI is InChI=1S/C35H21N5/c36-22-28-32-26-15-4-6-17-29(26)39(25-14-10-13-24(21-25)23-11-2-1-3-12-23)34(32)38-35-33(28)27-16-5-7-18-30(27)40(35)31-19-8-9-20-37-31/h1-21H. The first kappa shape index (κ1) is 22.3. The Hall–Kier alpha value is -5.73. The molecule has 4 aromatic heterocycles. The van der Waals surface area contributed by atoms with Crippen LogP contribution >= 0.6 is 0 Å². The quantitative estimate of drug-likeness (QED) is 0.240. The minimum atomic E-state index is 0.625. The summed E-state index contributed by atoms with van der Waals surface area (Å²) in [7, 11) is 0. The topological polar surface area (TPSA) is 59.4 Å². The van der Waals surface area contributed by atoms with Gasteiger partial charge in [-0.1, -0.05) is 84.9 Å². The van der Waals surface area contributed by atoms with Crippen LogP contribution in [0.25, 0.3) is 66.5 Å². The Labute approximate surface area is 229 Å². The van der Waals surface area contributed by atoms with Crippen molar-refractivity contribution in [2.24, 2.45) is 0 Å². The Morgan fingerprint density at radius 3 is 1.90 bits per heavy atom. The normalized spacial score (nSPS) is 11.5. The largest absolute Gasteiger partial charge is 0.294 e. The second-order valence-corrected chi connectivity index (χ2v) is 9.81. The molecule has 0 saturated heterocycles. The zero-order valence-corrected chi connectivity index (χ0v) is 21.4. The second-order valence-electron chi connectivity index (χ2n) is 9.81. The molecule has 4 heterocycles. The van der Waals surface area contributed by atoms with Crippen molar-refractivity contribution in [1.29, 1.82) is 5.26 Å². The fourth-order valence-corrected chi connectivity index (χ4v) is 5.93. The molecule has 0 N–H and O–H groups in total. The van der Waals surface area contributed by atoms with Gasteiger partial charge in [-0.3, -0.25) is 9.13 Å². The van der Waals surface area contributed by atoms with Crippen molar-refractivity contribution in [1.82, 2.24) is 19.1 Å². The van der Waals surface area contributed by atoms with E-state index in [0.717, 1.165) is 60.9 Å². The predicted molar refractivity (Wildman–Crippen MR) is 161 cm³/mol. The van der Waals surface area contributed by atoms with Crippen LogP contribution in [0.2, 0.25) is 0 Å². The molecule has 4 aromatic carbocycles. The number of pyridine rings is 2. The lowest BCUT2D eigenvalue weighted by molar-refractivity contribution is 1.05. The van der Waals surface area contributed by atoms with Gasteiger partial charge in [0.15, 0.2) is 5.65 Å². The van der Waals surface area contributed by atoms with E-state index < -0.39 is 0 Å². The van der Waals surface area contributed by atoms with Crippen molar-refractivity contribution in [3.05, 3.63) is 133 Å². The fourth-order valence-electron chi connectivity index (χ4n) is 5.93. The Kier molecular flexibility index (Phi) is 4.82. The molecule has 5 nitrogen and oxygen atoms in total. The maximum atomic E-state index is 10.7. The molecular weight excluding hydrogens is 490 g/mol. The van der Waals surface area contributed by atoms with Gasteiger partial charge in [-0.2, -0.15) is 5.26 Å². The smallest absolute Gasteiger partial charge is 0.150 e. The summed E-state index contributed by atoms with van der Waals surface area (Å²) in [6.07, 6.45) is 1.78. The SMILES string of the molecule is N#Cc1c2c3ccccc3n(-c3cccc(-c4ccccc4)c3)c2nc2c1c1ccccc1n2-c1ccccn1. The number of aromatic nitrogens is 4. The number of nitriles is 1. The van der Waals surface area contributed by atoms with Crippen LogP contribution in [0.5, 0.6) is 0 Å². The molecule has 0 atom stereocenters. The van der Waals surface area contributed by atoms with E-state index in [1.54, 1.807) is 6.20 Å². The zero-order chi connectivity index (χ0) is 26.6. The van der Waals surface area contributed by atoms with Crippen LogP contribution in [0.3, 0.4) is 0 Å². The van der Waals surface area contributed by atoms with E-state index in [4.69, 9.17) is 4.98 Å². The van der Waals surface area contributed by atoms with Crippen molar-refractivity contribution in [3.63, 3.8) is 0 Å². The maximum absolute atomic E-state index is 10.7. The number of nitrogens with zero attached hydrogens (tertiary/aromatic N) is 5. The fraction of sp³-hybridized carbons (Fsp3) is 0. The summed E-state index contributed by atoms with van der Waals surface area (Å²) in [5.74, 6) is 0.762. The van der Waals surface area contributed by atoms with Crippen LogP contribution in [-0.4, -0.2) is 19.1 Å². The third kappa shape index (κ3) is 3.14. The highest BCUT2D eigenvalue weighted by Gasteiger charge is 2.24. The molecule has 0 aliphatic carbocycles.